The number of hydrogen-bond donors (Lipinski definition) is 1. The minimum absolute atomic E-state index is 0.113. The van der Waals surface area contributed by atoms with E-state index in [0.717, 1.165) is 31.6 Å². The summed E-state index contributed by atoms with van der Waals surface area (Å²) < 4.78 is 0. The average molecular weight is 261 g/mol. The highest BCUT2D eigenvalue weighted by Crippen LogP contribution is 2.15. The quantitative estimate of drug-likeness (QED) is 0.910. The van der Waals surface area contributed by atoms with Crippen molar-refractivity contribution in [2.75, 3.05) is 18.4 Å². The molecule has 104 valence electrons. The second kappa shape index (κ2) is 6.55. The number of carbonyl (C=O) groups excluding carboxylic acids is 1. The van der Waals surface area contributed by atoms with Crippen molar-refractivity contribution >= 4 is 11.6 Å². The highest BCUT2D eigenvalue weighted by Gasteiger charge is 2.17. The molecular weight excluding hydrogens is 238 g/mol. The summed E-state index contributed by atoms with van der Waals surface area (Å²) in [6.45, 7) is 5.90. The van der Waals surface area contributed by atoms with Gasteiger partial charge in [0.25, 0.3) is 5.91 Å². The molecule has 1 aliphatic heterocycles. The van der Waals surface area contributed by atoms with Gasteiger partial charge < -0.3 is 10.2 Å². The topological polar surface area (TPSA) is 45.2 Å². The van der Waals surface area contributed by atoms with E-state index in [1.807, 2.05) is 11.0 Å². The Balaban J connectivity index is 2.09. The number of nitrogens with zero attached hydrogens (tertiary/aromatic N) is 2. The Labute approximate surface area is 115 Å². The second-order valence-corrected chi connectivity index (χ2v) is 5.47. The molecule has 0 aromatic carbocycles. The Morgan fingerprint density at radius 2 is 1.89 bits per heavy atom. The molecular formula is C15H23N3O. The molecule has 0 saturated carbocycles. The zero-order valence-electron chi connectivity index (χ0n) is 11.9. The highest BCUT2D eigenvalue weighted by atomic mass is 16.2. The number of anilines is 1. The molecule has 1 amide bonds. The first kappa shape index (κ1) is 13.8. The standard InChI is InChI=1S/C15H23N3O/c1-12(2)17-14-9-13(10-16-11-14)15(19)18-7-5-3-4-6-8-18/h9-12,17H,3-8H2,1-2H3. The number of rotatable bonds is 3. The van der Waals surface area contributed by atoms with Crippen LogP contribution in [0.5, 0.6) is 0 Å². The first-order valence-corrected chi connectivity index (χ1v) is 7.17. The van der Waals surface area contributed by atoms with Gasteiger partial charge in [0.05, 0.1) is 11.3 Å². The van der Waals surface area contributed by atoms with Crippen LogP contribution in [0.1, 0.15) is 49.9 Å². The van der Waals surface area contributed by atoms with E-state index < -0.39 is 0 Å². The van der Waals surface area contributed by atoms with E-state index >= 15 is 0 Å². The molecule has 1 saturated heterocycles. The Morgan fingerprint density at radius 3 is 2.53 bits per heavy atom. The summed E-state index contributed by atoms with van der Waals surface area (Å²) >= 11 is 0. The number of hydrogen-bond acceptors (Lipinski definition) is 3. The third-order valence-electron chi connectivity index (χ3n) is 3.33. The maximum atomic E-state index is 12.4. The fourth-order valence-electron chi connectivity index (χ4n) is 2.43. The van der Waals surface area contributed by atoms with Gasteiger partial charge in [-0.15, -0.1) is 0 Å². The van der Waals surface area contributed by atoms with Crippen molar-refractivity contribution in [1.29, 1.82) is 0 Å². The van der Waals surface area contributed by atoms with Crippen LogP contribution in [-0.2, 0) is 0 Å². The van der Waals surface area contributed by atoms with E-state index in [1.54, 1.807) is 12.4 Å². The SMILES string of the molecule is CC(C)Nc1cncc(C(=O)N2CCCCCC2)c1. The fourth-order valence-corrected chi connectivity index (χ4v) is 2.43. The molecule has 2 rings (SSSR count). The molecule has 0 radical (unpaired) electrons. The van der Waals surface area contributed by atoms with Crippen molar-refractivity contribution in [3.63, 3.8) is 0 Å². The lowest BCUT2D eigenvalue weighted by Gasteiger charge is -2.20. The van der Waals surface area contributed by atoms with Gasteiger partial charge in [0.15, 0.2) is 0 Å². The van der Waals surface area contributed by atoms with Gasteiger partial charge in [-0.3, -0.25) is 9.78 Å². The van der Waals surface area contributed by atoms with Crippen LogP contribution >= 0.6 is 0 Å². The molecule has 0 bridgehead atoms. The van der Waals surface area contributed by atoms with Crippen LogP contribution in [0.25, 0.3) is 0 Å². The first-order chi connectivity index (χ1) is 9.16. The molecule has 2 heterocycles. The first-order valence-electron chi connectivity index (χ1n) is 7.17. The van der Waals surface area contributed by atoms with E-state index in [1.165, 1.54) is 12.8 Å². The maximum absolute atomic E-state index is 12.4. The molecule has 0 unspecified atom stereocenters. The van der Waals surface area contributed by atoms with E-state index in [2.05, 4.69) is 24.1 Å². The van der Waals surface area contributed by atoms with Crippen LogP contribution in [0.3, 0.4) is 0 Å². The molecule has 4 nitrogen and oxygen atoms in total. The lowest BCUT2D eigenvalue weighted by atomic mass is 10.2. The van der Waals surface area contributed by atoms with E-state index in [9.17, 15) is 4.79 Å². The van der Waals surface area contributed by atoms with Crippen molar-refractivity contribution in [2.24, 2.45) is 0 Å². The lowest BCUT2D eigenvalue weighted by molar-refractivity contribution is 0.0761. The van der Waals surface area contributed by atoms with Gasteiger partial charge >= 0.3 is 0 Å². The number of nitrogens with one attached hydrogen (secondary N) is 1. The summed E-state index contributed by atoms with van der Waals surface area (Å²) in [7, 11) is 0. The van der Waals surface area contributed by atoms with Crippen molar-refractivity contribution < 1.29 is 4.79 Å². The summed E-state index contributed by atoms with van der Waals surface area (Å²) in [5.41, 5.74) is 1.60. The predicted octanol–water partition coefficient (Wildman–Crippen LogP) is 2.92. The molecule has 0 atom stereocenters. The molecule has 1 aliphatic rings. The van der Waals surface area contributed by atoms with E-state index in [4.69, 9.17) is 0 Å². The van der Waals surface area contributed by atoms with Crippen LogP contribution in [0, 0.1) is 0 Å². The largest absolute Gasteiger partial charge is 0.382 e. The molecule has 19 heavy (non-hydrogen) atoms. The lowest BCUT2D eigenvalue weighted by Crippen LogP contribution is -2.32. The van der Waals surface area contributed by atoms with Crippen LogP contribution in [-0.4, -0.2) is 34.9 Å². The van der Waals surface area contributed by atoms with E-state index in [-0.39, 0.29) is 5.91 Å². The molecule has 1 fully saturated rings. The fraction of sp³-hybridized carbons (Fsp3) is 0.600. The monoisotopic (exact) mass is 261 g/mol. The van der Waals surface area contributed by atoms with Crippen molar-refractivity contribution in [3.8, 4) is 0 Å². The Hall–Kier alpha value is -1.58. The summed E-state index contributed by atoms with van der Waals surface area (Å²) in [5, 5.41) is 3.28. The number of pyridine rings is 1. The molecule has 1 N–H and O–H groups in total. The number of likely N-dealkylation sites (tertiary alicyclic amines) is 1. The summed E-state index contributed by atoms with van der Waals surface area (Å²) in [6.07, 6.45) is 8.12. The van der Waals surface area contributed by atoms with Crippen LogP contribution in [0.4, 0.5) is 5.69 Å². The van der Waals surface area contributed by atoms with Gasteiger partial charge in [0, 0.05) is 31.5 Å². The number of amides is 1. The summed E-state index contributed by atoms with van der Waals surface area (Å²) in [4.78, 5) is 18.6. The smallest absolute Gasteiger partial charge is 0.255 e. The third kappa shape index (κ3) is 3.94. The Kier molecular flexibility index (Phi) is 4.77. The van der Waals surface area contributed by atoms with Crippen molar-refractivity contribution in [3.05, 3.63) is 24.0 Å². The Bertz CT molecular complexity index is 423. The Morgan fingerprint density at radius 1 is 1.21 bits per heavy atom. The number of carbonyl (C=O) groups is 1. The third-order valence-corrected chi connectivity index (χ3v) is 3.33. The van der Waals surface area contributed by atoms with Gasteiger partial charge in [-0.05, 0) is 32.8 Å². The maximum Gasteiger partial charge on any atom is 0.255 e. The molecule has 0 spiro atoms. The van der Waals surface area contributed by atoms with Gasteiger partial charge in [-0.2, -0.15) is 0 Å². The van der Waals surface area contributed by atoms with Crippen molar-refractivity contribution in [1.82, 2.24) is 9.88 Å². The normalized spacial score (nSPS) is 16.3. The minimum Gasteiger partial charge on any atom is -0.382 e. The van der Waals surface area contributed by atoms with Crippen LogP contribution in [0.15, 0.2) is 18.5 Å². The predicted molar refractivity (Wildman–Crippen MR) is 77.4 cm³/mol. The zero-order valence-corrected chi connectivity index (χ0v) is 11.9. The molecule has 1 aromatic rings. The van der Waals surface area contributed by atoms with Crippen LogP contribution in [0.2, 0.25) is 0 Å². The van der Waals surface area contributed by atoms with Gasteiger partial charge in [0.1, 0.15) is 0 Å². The van der Waals surface area contributed by atoms with E-state index in [0.29, 0.717) is 11.6 Å². The van der Waals surface area contributed by atoms with Crippen molar-refractivity contribution in [2.45, 2.75) is 45.6 Å². The molecule has 1 aromatic heterocycles. The number of aromatic nitrogens is 1. The van der Waals surface area contributed by atoms with Crippen LogP contribution < -0.4 is 5.32 Å². The van der Waals surface area contributed by atoms with Gasteiger partial charge in [0.2, 0.25) is 0 Å². The highest BCUT2D eigenvalue weighted by molar-refractivity contribution is 5.94. The molecule has 0 aliphatic carbocycles. The average Bonchev–Trinajstić information content (AvgIpc) is 2.66. The molecule has 4 heteroatoms. The summed E-state index contributed by atoms with van der Waals surface area (Å²) in [5.74, 6) is 0.113. The second-order valence-electron chi connectivity index (χ2n) is 5.47. The summed E-state index contributed by atoms with van der Waals surface area (Å²) in [6, 6.07) is 2.24. The van der Waals surface area contributed by atoms with Gasteiger partial charge in [-0.1, -0.05) is 12.8 Å². The zero-order chi connectivity index (χ0) is 13.7. The van der Waals surface area contributed by atoms with Gasteiger partial charge in [-0.25, -0.2) is 0 Å². The minimum atomic E-state index is 0.113.